The van der Waals surface area contributed by atoms with Crippen molar-refractivity contribution in [2.75, 3.05) is 12.4 Å². The molecule has 0 fully saturated rings. The van der Waals surface area contributed by atoms with Crippen LogP contribution in [0.2, 0.25) is 0 Å². The van der Waals surface area contributed by atoms with Crippen LogP contribution in [0.3, 0.4) is 0 Å². The van der Waals surface area contributed by atoms with Gasteiger partial charge in [0.2, 0.25) is 0 Å². The minimum Gasteiger partial charge on any atom is -0.496 e. The van der Waals surface area contributed by atoms with Crippen LogP contribution in [0.4, 0.5) is 0 Å². The minimum atomic E-state index is -0.296. The van der Waals surface area contributed by atoms with Crippen LogP contribution in [0, 0.1) is 0 Å². The van der Waals surface area contributed by atoms with E-state index in [1.807, 2.05) is 19.9 Å². The van der Waals surface area contributed by atoms with Crippen LogP contribution in [0.1, 0.15) is 24.2 Å². The van der Waals surface area contributed by atoms with E-state index in [1.165, 1.54) is 0 Å². The molecule has 94 valence electrons. The summed E-state index contributed by atoms with van der Waals surface area (Å²) in [6.07, 6.45) is 0. The van der Waals surface area contributed by atoms with Gasteiger partial charge >= 0.3 is 0 Å². The third-order valence-electron chi connectivity index (χ3n) is 2.19. The predicted molar refractivity (Wildman–Crippen MR) is 76.0 cm³/mol. The third-order valence-corrected chi connectivity index (χ3v) is 4.09. The molecular formula is C12H15Br2NO2. The number of benzene rings is 1. The Morgan fingerprint density at radius 1 is 1.47 bits per heavy atom. The number of carbonyl (C=O) groups is 1. The second kappa shape index (κ2) is 5.87. The Hall–Kier alpha value is -0.550. The summed E-state index contributed by atoms with van der Waals surface area (Å²) in [6.45, 7) is 3.90. The van der Waals surface area contributed by atoms with Crippen LogP contribution in [-0.2, 0) is 0 Å². The number of hydrogen-bond donors (Lipinski definition) is 1. The number of carbonyl (C=O) groups excluding carboxylic acids is 1. The molecular weight excluding hydrogens is 350 g/mol. The summed E-state index contributed by atoms with van der Waals surface area (Å²) in [4.78, 5) is 12.1. The van der Waals surface area contributed by atoms with E-state index in [0.717, 1.165) is 4.47 Å². The van der Waals surface area contributed by atoms with Crippen LogP contribution >= 0.6 is 31.9 Å². The highest BCUT2D eigenvalue weighted by Gasteiger charge is 2.21. The lowest BCUT2D eigenvalue weighted by Crippen LogP contribution is -2.44. The number of ether oxygens (including phenoxy) is 1. The summed E-state index contributed by atoms with van der Waals surface area (Å²) < 4.78 is 6.07. The fourth-order valence-corrected chi connectivity index (χ4v) is 1.74. The Morgan fingerprint density at radius 2 is 2.12 bits per heavy atom. The molecule has 1 rings (SSSR count). The van der Waals surface area contributed by atoms with E-state index >= 15 is 0 Å². The Morgan fingerprint density at radius 3 is 2.65 bits per heavy atom. The molecule has 0 atom stereocenters. The maximum absolute atomic E-state index is 12.1. The topological polar surface area (TPSA) is 38.3 Å². The Bertz CT molecular complexity index is 419. The van der Waals surface area contributed by atoms with Crippen LogP contribution < -0.4 is 10.1 Å². The molecule has 0 radical (unpaired) electrons. The number of hydrogen-bond acceptors (Lipinski definition) is 2. The largest absolute Gasteiger partial charge is 0.496 e. The van der Waals surface area contributed by atoms with Gasteiger partial charge in [-0.2, -0.15) is 0 Å². The van der Waals surface area contributed by atoms with Crippen molar-refractivity contribution in [1.82, 2.24) is 5.32 Å². The van der Waals surface area contributed by atoms with E-state index in [9.17, 15) is 4.79 Å². The van der Waals surface area contributed by atoms with Gasteiger partial charge in [-0.05, 0) is 32.0 Å². The second-order valence-corrected chi connectivity index (χ2v) is 5.79. The standard InChI is InChI=1S/C12H15Br2NO2/c1-12(2,7-13)15-11(16)9-5-4-8(14)6-10(9)17-3/h4-6H,7H2,1-3H3,(H,15,16). The predicted octanol–water partition coefficient (Wildman–Crippen LogP) is 3.36. The highest BCUT2D eigenvalue weighted by atomic mass is 79.9. The molecule has 1 N–H and O–H groups in total. The van der Waals surface area contributed by atoms with Gasteiger partial charge in [0.25, 0.3) is 5.91 Å². The fourth-order valence-electron chi connectivity index (χ4n) is 1.26. The lowest BCUT2D eigenvalue weighted by molar-refractivity contribution is 0.0918. The summed E-state index contributed by atoms with van der Waals surface area (Å²) in [7, 11) is 1.55. The highest BCUT2D eigenvalue weighted by molar-refractivity contribution is 9.10. The van der Waals surface area contributed by atoms with Crippen LogP contribution in [0.15, 0.2) is 22.7 Å². The first-order chi connectivity index (χ1) is 7.89. The zero-order valence-electron chi connectivity index (χ0n) is 10.0. The maximum Gasteiger partial charge on any atom is 0.255 e. The van der Waals surface area contributed by atoms with Gasteiger partial charge in [0, 0.05) is 15.3 Å². The summed E-state index contributed by atoms with van der Waals surface area (Å²) in [5, 5.41) is 3.62. The number of methoxy groups -OCH3 is 1. The molecule has 0 bridgehead atoms. The van der Waals surface area contributed by atoms with Crippen molar-refractivity contribution in [1.29, 1.82) is 0 Å². The minimum absolute atomic E-state index is 0.140. The molecule has 0 aliphatic carbocycles. The van der Waals surface area contributed by atoms with Gasteiger partial charge in [-0.25, -0.2) is 0 Å². The van der Waals surface area contributed by atoms with E-state index in [1.54, 1.807) is 19.2 Å². The summed E-state index contributed by atoms with van der Waals surface area (Å²) in [6, 6.07) is 5.33. The summed E-state index contributed by atoms with van der Waals surface area (Å²) in [5.41, 5.74) is 0.236. The molecule has 17 heavy (non-hydrogen) atoms. The number of halogens is 2. The van der Waals surface area contributed by atoms with E-state index in [0.29, 0.717) is 16.6 Å². The van der Waals surface area contributed by atoms with E-state index in [-0.39, 0.29) is 11.4 Å². The first-order valence-electron chi connectivity index (χ1n) is 5.11. The Kier molecular flexibility index (Phi) is 5.01. The molecule has 1 aromatic carbocycles. The van der Waals surface area contributed by atoms with Gasteiger partial charge in [-0.3, -0.25) is 4.79 Å². The Balaban J connectivity index is 2.96. The lowest BCUT2D eigenvalue weighted by atomic mass is 10.1. The molecule has 1 aromatic rings. The molecule has 0 unspecified atom stereocenters. The van der Waals surface area contributed by atoms with Crippen molar-refractivity contribution in [2.24, 2.45) is 0 Å². The lowest BCUT2D eigenvalue weighted by Gasteiger charge is -2.24. The first-order valence-corrected chi connectivity index (χ1v) is 7.03. The van der Waals surface area contributed by atoms with Crippen molar-refractivity contribution in [3.05, 3.63) is 28.2 Å². The fraction of sp³-hybridized carbons (Fsp3) is 0.417. The molecule has 0 aliphatic rings. The van der Waals surface area contributed by atoms with Gasteiger partial charge in [0.05, 0.1) is 12.7 Å². The van der Waals surface area contributed by atoms with Gasteiger partial charge in [-0.15, -0.1) is 0 Å². The molecule has 0 saturated carbocycles. The molecule has 0 aromatic heterocycles. The quantitative estimate of drug-likeness (QED) is 0.832. The van der Waals surface area contributed by atoms with Crippen LogP contribution in [-0.4, -0.2) is 23.9 Å². The Labute approximate surface area is 118 Å². The van der Waals surface area contributed by atoms with Crippen molar-refractivity contribution >= 4 is 37.8 Å². The number of nitrogens with one attached hydrogen (secondary N) is 1. The second-order valence-electron chi connectivity index (χ2n) is 4.32. The summed E-state index contributed by atoms with van der Waals surface area (Å²) >= 11 is 6.71. The van der Waals surface area contributed by atoms with Gasteiger partial charge in [0.1, 0.15) is 5.75 Å². The average Bonchev–Trinajstić information content (AvgIpc) is 2.28. The molecule has 0 spiro atoms. The van der Waals surface area contributed by atoms with Gasteiger partial charge in [-0.1, -0.05) is 31.9 Å². The smallest absolute Gasteiger partial charge is 0.255 e. The average molecular weight is 365 g/mol. The van der Waals surface area contributed by atoms with E-state index in [2.05, 4.69) is 37.2 Å². The molecule has 3 nitrogen and oxygen atoms in total. The first kappa shape index (κ1) is 14.5. The molecule has 0 aliphatic heterocycles. The maximum atomic E-state index is 12.1. The molecule has 0 saturated heterocycles. The van der Waals surface area contributed by atoms with E-state index in [4.69, 9.17) is 4.74 Å². The van der Waals surface area contributed by atoms with Crippen molar-refractivity contribution in [2.45, 2.75) is 19.4 Å². The van der Waals surface area contributed by atoms with Gasteiger partial charge in [0.15, 0.2) is 0 Å². The zero-order valence-corrected chi connectivity index (χ0v) is 13.2. The molecule has 1 amide bonds. The van der Waals surface area contributed by atoms with Crippen molar-refractivity contribution in [3.8, 4) is 5.75 Å². The monoisotopic (exact) mass is 363 g/mol. The summed E-state index contributed by atoms with van der Waals surface area (Å²) in [5.74, 6) is 0.418. The number of alkyl halides is 1. The SMILES string of the molecule is COc1cc(Br)ccc1C(=O)NC(C)(C)CBr. The van der Waals surface area contributed by atoms with Crippen LogP contribution in [0.25, 0.3) is 0 Å². The number of amides is 1. The van der Waals surface area contributed by atoms with Gasteiger partial charge < -0.3 is 10.1 Å². The van der Waals surface area contributed by atoms with Crippen LogP contribution in [0.5, 0.6) is 5.75 Å². The van der Waals surface area contributed by atoms with Crippen molar-refractivity contribution < 1.29 is 9.53 Å². The zero-order chi connectivity index (χ0) is 13.1. The normalized spacial score (nSPS) is 11.1. The van der Waals surface area contributed by atoms with E-state index < -0.39 is 0 Å². The molecule has 0 heterocycles. The third kappa shape index (κ3) is 4.00. The van der Waals surface area contributed by atoms with Crippen molar-refractivity contribution in [3.63, 3.8) is 0 Å². The highest BCUT2D eigenvalue weighted by Crippen LogP contribution is 2.24. The molecule has 5 heteroatoms. The number of rotatable bonds is 4.